The minimum atomic E-state index is -0.887. The third-order valence-corrected chi connectivity index (χ3v) is 4.44. The molecule has 0 atom stereocenters. The van der Waals surface area contributed by atoms with Gasteiger partial charge < -0.3 is 4.74 Å². The Hall–Kier alpha value is 0.580. The van der Waals surface area contributed by atoms with E-state index in [9.17, 15) is 4.39 Å². The molecule has 0 aliphatic carbocycles. The number of likely N-dealkylation sites (tertiary alicyclic amines) is 1. The van der Waals surface area contributed by atoms with Crippen LogP contribution < -0.4 is 0 Å². The molecule has 2 saturated heterocycles. The van der Waals surface area contributed by atoms with Crippen LogP contribution in [-0.2, 0) is 4.74 Å². The van der Waals surface area contributed by atoms with Crippen molar-refractivity contribution < 1.29 is 9.13 Å². The molecule has 0 aromatic carbocycles. The number of alkyl halides is 2. The van der Waals surface area contributed by atoms with Gasteiger partial charge in [-0.2, -0.15) is 0 Å². The summed E-state index contributed by atoms with van der Waals surface area (Å²) in [5, 5.41) is 0. The van der Waals surface area contributed by atoms with Crippen LogP contribution in [-0.4, -0.2) is 47.3 Å². The van der Waals surface area contributed by atoms with Crippen LogP contribution in [0.5, 0.6) is 0 Å². The molecular weight excluding hydrogens is 284 g/mol. The van der Waals surface area contributed by atoms with Gasteiger partial charge in [0.1, 0.15) is 5.67 Å². The molecule has 76 valence electrons. The van der Waals surface area contributed by atoms with Gasteiger partial charge in [0, 0.05) is 17.5 Å². The van der Waals surface area contributed by atoms with Crippen LogP contribution in [0.2, 0.25) is 0 Å². The van der Waals surface area contributed by atoms with E-state index < -0.39 is 5.67 Å². The van der Waals surface area contributed by atoms with Crippen molar-refractivity contribution in [2.24, 2.45) is 0 Å². The Labute approximate surface area is 91.9 Å². The monoisotopic (exact) mass is 299 g/mol. The summed E-state index contributed by atoms with van der Waals surface area (Å²) < 4.78 is 19.6. The lowest BCUT2D eigenvalue weighted by Gasteiger charge is -2.43. The average molecular weight is 299 g/mol. The second-order valence-electron chi connectivity index (χ2n) is 4.01. The molecule has 2 heterocycles. The Balaban J connectivity index is 1.81. The smallest absolute Gasteiger partial charge is 0.122 e. The minimum Gasteiger partial charge on any atom is -0.378 e. The van der Waals surface area contributed by atoms with Crippen LogP contribution in [0.1, 0.15) is 12.8 Å². The highest BCUT2D eigenvalue weighted by Crippen LogP contribution is 2.30. The van der Waals surface area contributed by atoms with Crippen molar-refractivity contribution in [3.05, 3.63) is 0 Å². The fraction of sp³-hybridized carbons (Fsp3) is 1.00. The van der Waals surface area contributed by atoms with Crippen molar-refractivity contribution in [2.75, 3.05) is 30.7 Å². The van der Waals surface area contributed by atoms with Crippen LogP contribution >= 0.6 is 22.6 Å². The number of ether oxygens (including phenoxy) is 1. The normalized spacial score (nSPS) is 30.0. The standard InChI is InChI=1S/C9H15FINO/c10-9(7-11)1-3-12(4-2-9)8-5-13-6-8/h8H,1-7H2. The van der Waals surface area contributed by atoms with Crippen molar-refractivity contribution in [3.8, 4) is 0 Å². The van der Waals surface area contributed by atoms with E-state index in [0.717, 1.165) is 26.3 Å². The van der Waals surface area contributed by atoms with Crippen molar-refractivity contribution in [3.63, 3.8) is 0 Å². The van der Waals surface area contributed by atoms with Gasteiger partial charge in [-0.25, -0.2) is 4.39 Å². The number of hydrogen-bond donors (Lipinski definition) is 0. The number of hydrogen-bond acceptors (Lipinski definition) is 2. The molecule has 0 spiro atoms. The predicted molar refractivity (Wildman–Crippen MR) is 58.1 cm³/mol. The number of halogens is 2. The van der Waals surface area contributed by atoms with Gasteiger partial charge >= 0.3 is 0 Å². The first-order chi connectivity index (χ1) is 6.23. The maximum absolute atomic E-state index is 13.8. The zero-order chi connectivity index (χ0) is 9.31. The molecule has 0 unspecified atom stereocenters. The van der Waals surface area contributed by atoms with E-state index in [0.29, 0.717) is 23.3 Å². The van der Waals surface area contributed by atoms with Gasteiger partial charge in [-0.1, -0.05) is 22.6 Å². The van der Waals surface area contributed by atoms with E-state index in [1.807, 2.05) is 0 Å². The van der Waals surface area contributed by atoms with Gasteiger partial charge in [-0.3, -0.25) is 4.90 Å². The lowest BCUT2D eigenvalue weighted by Crippen LogP contribution is -2.54. The van der Waals surface area contributed by atoms with Crippen LogP contribution in [0, 0.1) is 0 Å². The van der Waals surface area contributed by atoms with Crippen LogP contribution in [0.15, 0.2) is 0 Å². The Morgan fingerprint density at radius 1 is 1.38 bits per heavy atom. The van der Waals surface area contributed by atoms with Crippen molar-refractivity contribution in [1.82, 2.24) is 4.90 Å². The molecule has 2 fully saturated rings. The zero-order valence-corrected chi connectivity index (χ0v) is 9.80. The summed E-state index contributed by atoms with van der Waals surface area (Å²) >= 11 is 2.15. The quantitative estimate of drug-likeness (QED) is 0.567. The fourth-order valence-electron chi connectivity index (χ4n) is 1.86. The van der Waals surface area contributed by atoms with Crippen LogP contribution in [0.3, 0.4) is 0 Å². The van der Waals surface area contributed by atoms with E-state index in [1.165, 1.54) is 0 Å². The summed E-state index contributed by atoms with van der Waals surface area (Å²) in [6.45, 7) is 3.52. The van der Waals surface area contributed by atoms with E-state index in [4.69, 9.17) is 4.74 Å². The SMILES string of the molecule is FC1(CI)CCN(C2COC2)CC1. The highest BCUT2D eigenvalue weighted by molar-refractivity contribution is 14.1. The highest BCUT2D eigenvalue weighted by Gasteiger charge is 2.37. The fourth-order valence-corrected chi connectivity index (χ4v) is 2.62. The Bertz CT molecular complexity index is 178. The van der Waals surface area contributed by atoms with Crippen molar-refractivity contribution in [2.45, 2.75) is 24.6 Å². The molecule has 0 amide bonds. The van der Waals surface area contributed by atoms with Crippen LogP contribution in [0.25, 0.3) is 0 Å². The molecule has 4 heteroatoms. The van der Waals surface area contributed by atoms with Gasteiger partial charge in [-0.05, 0) is 12.8 Å². The Morgan fingerprint density at radius 2 is 2.00 bits per heavy atom. The van der Waals surface area contributed by atoms with Gasteiger partial charge in [0.2, 0.25) is 0 Å². The summed E-state index contributed by atoms with van der Waals surface area (Å²) in [7, 11) is 0. The average Bonchev–Trinajstić information content (AvgIpc) is 2.06. The second-order valence-corrected chi connectivity index (χ2v) is 4.77. The molecule has 13 heavy (non-hydrogen) atoms. The predicted octanol–water partition coefficient (Wildman–Crippen LogP) is 1.62. The van der Waals surface area contributed by atoms with E-state index in [2.05, 4.69) is 27.5 Å². The van der Waals surface area contributed by atoms with E-state index in [-0.39, 0.29) is 0 Å². The number of nitrogens with zero attached hydrogens (tertiary/aromatic N) is 1. The second kappa shape index (κ2) is 3.98. The zero-order valence-electron chi connectivity index (χ0n) is 7.64. The Morgan fingerprint density at radius 3 is 2.38 bits per heavy atom. The van der Waals surface area contributed by atoms with E-state index in [1.54, 1.807) is 0 Å². The third kappa shape index (κ3) is 2.15. The lowest BCUT2D eigenvalue weighted by atomic mass is 9.94. The molecule has 0 radical (unpaired) electrons. The molecule has 2 nitrogen and oxygen atoms in total. The molecule has 0 N–H and O–H groups in total. The number of piperidine rings is 1. The molecule has 0 saturated carbocycles. The summed E-state index contributed by atoms with van der Waals surface area (Å²) in [6, 6.07) is 0.582. The minimum absolute atomic E-state index is 0.582. The van der Waals surface area contributed by atoms with E-state index >= 15 is 0 Å². The van der Waals surface area contributed by atoms with Crippen molar-refractivity contribution >= 4 is 22.6 Å². The molecule has 0 aromatic rings. The Kier molecular flexibility index (Phi) is 3.10. The van der Waals surface area contributed by atoms with Gasteiger partial charge in [0.05, 0.1) is 19.3 Å². The summed E-state index contributed by atoms with van der Waals surface area (Å²) in [4.78, 5) is 2.37. The maximum atomic E-state index is 13.8. The summed E-state index contributed by atoms with van der Waals surface area (Å²) in [5.74, 6) is 0. The van der Waals surface area contributed by atoms with Gasteiger partial charge in [0.15, 0.2) is 0 Å². The third-order valence-electron chi connectivity index (χ3n) is 3.07. The van der Waals surface area contributed by atoms with Gasteiger partial charge in [0.25, 0.3) is 0 Å². The topological polar surface area (TPSA) is 12.5 Å². The molecule has 0 aromatic heterocycles. The first-order valence-electron chi connectivity index (χ1n) is 4.80. The van der Waals surface area contributed by atoms with Crippen molar-refractivity contribution in [1.29, 1.82) is 0 Å². The first-order valence-corrected chi connectivity index (χ1v) is 6.33. The maximum Gasteiger partial charge on any atom is 0.122 e. The molecule has 2 aliphatic rings. The number of rotatable bonds is 2. The highest BCUT2D eigenvalue weighted by atomic mass is 127. The molecular formula is C9H15FINO. The summed E-state index contributed by atoms with van der Waals surface area (Å²) in [6.07, 6.45) is 1.40. The molecule has 0 bridgehead atoms. The van der Waals surface area contributed by atoms with Gasteiger partial charge in [-0.15, -0.1) is 0 Å². The molecule has 2 aliphatic heterocycles. The van der Waals surface area contributed by atoms with Crippen LogP contribution in [0.4, 0.5) is 4.39 Å². The first kappa shape index (κ1) is 10.1. The largest absolute Gasteiger partial charge is 0.378 e. The lowest BCUT2D eigenvalue weighted by molar-refractivity contribution is -0.0820. The molecule has 2 rings (SSSR count). The summed E-state index contributed by atoms with van der Waals surface area (Å²) in [5.41, 5.74) is -0.887.